The van der Waals surface area contributed by atoms with Crippen LogP contribution in [0.2, 0.25) is 0 Å². The van der Waals surface area contributed by atoms with E-state index in [1.807, 2.05) is 104 Å². The number of hydrogen-bond acceptors (Lipinski definition) is 6. The molecule has 170 valence electrons. The van der Waals surface area contributed by atoms with Crippen LogP contribution in [0.25, 0.3) is 5.69 Å². The number of nitrogens with zero attached hydrogens (tertiary/aromatic N) is 4. The van der Waals surface area contributed by atoms with Gasteiger partial charge in [0, 0.05) is 38.6 Å². The molecule has 0 unspecified atom stereocenters. The van der Waals surface area contributed by atoms with Gasteiger partial charge in [0.15, 0.2) is 0 Å². The summed E-state index contributed by atoms with van der Waals surface area (Å²) in [5.41, 5.74) is 3.86. The van der Waals surface area contributed by atoms with Crippen molar-refractivity contribution in [1.29, 1.82) is 0 Å². The normalized spacial score (nSPS) is 10.7. The van der Waals surface area contributed by atoms with Crippen molar-refractivity contribution in [1.82, 2.24) is 14.8 Å². The Hall–Kier alpha value is -4.00. The van der Waals surface area contributed by atoms with Crippen molar-refractivity contribution in [2.75, 3.05) is 30.9 Å². The maximum absolute atomic E-state index is 6.38. The number of rotatable bonds is 9. The Morgan fingerprint density at radius 2 is 1.70 bits per heavy atom. The van der Waals surface area contributed by atoms with E-state index < -0.39 is 0 Å². The van der Waals surface area contributed by atoms with E-state index in [-0.39, 0.29) is 0 Å². The first kappa shape index (κ1) is 22.2. The van der Waals surface area contributed by atoms with E-state index in [1.165, 1.54) is 0 Å². The highest BCUT2D eigenvalue weighted by molar-refractivity contribution is 5.54. The maximum Gasteiger partial charge on any atom is 0.227 e. The van der Waals surface area contributed by atoms with E-state index >= 15 is 0 Å². The average molecular weight is 444 g/mol. The van der Waals surface area contributed by atoms with Crippen LogP contribution >= 0.6 is 0 Å². The molecule has 4 aromatic rings. The van der Waals surface area contributed by atoms with Gasteiger partial charge in [-0.25, -0.2) is 9.67 Å². The molecule has 0 fully saturated rings. The van der Waals surface area contributed by atoms with Gasteiger partial charge in [0.2, 0.25) is 5.88 Å². The van der Waals surface area contributed by atoms with Crippen molar-refractivity contribution in [2.24, 2.45) is 0 Å². The summed E-state index contributed by atoms with van der Waals surface area (Å²) in [5, 5.41) is 8.20. The van der Waals surface area contributed by atoms with Crippen molar-refractivity contribution in [2.45, 2.75) is 20.4 Å². The minimum Gasteiger partial charge on any atom is -0.494 e. The molecule has 0 spiro atoms. The third kappa shape index (κ3) is 5.26. The number of benzene rings is 2. The van der Waals surface area contributed by atoms with E-state index in [0.717, 1.165) is 34.2 Å². The molecule has 0 amide bonds. The van der Waals surface area contributed by atoms with Crippen LogP contribution in [0.5, 0.6) is 17.4 Å². The van der Waals surface area contributed by atoms with Crippen LogP contribution in [0.4, 0.5) is 11.5 Å². The van der Waals surface area contributed by atoms with E-state index in [1.54, 1.807) is 6.20 Å². The second-order valence-corrected chi connectivity index (χ2v) is 7.77. The number of aryl methyl sites for hydroxylation is 1. The molecule has 4 rings (SSSR count). The van der Waals surface area contributed by atoms with Crippen molar-refractivity contribution in [3.63, 3.8) is 0 Å². The van der Waals surface area contributed by atoms with E-state index in [0.29, 0.717) is 24.8 Å². The number of hydrogen-bond donors (Lipinski definition) is 1. The van der Waals surface area contributed by atoms with Crippen LogP contribution in [0.1, 0.15) is 18.2 Å². The van der Waals surface area contributed by atoms with Gasteiger partial charge in [0.05, 0.1) is 23.6 Å². The molecule has 0 saturated heterocycles. The molecule has 1 N–H and O–H groups in total. The van der Waals surface area contributed by atoms with Gasteiger partial charge in [0.25, 0.3) is 0 Å². The molecule has 0 aliphatic carbocycles. The Bertz CT molecular complexity index is 1190. The fraction of sp³-hybridized carbons (Fsp3) is 0.231. The van der Waals surface area contributed by atoms with Crippen molar-refractivity contribution in [3.8, 4) is 23.1 Å². The van der Waals surface area contributed by atoms with Gasteiger partial charge >= 0.3 is 0 Å². The number of para-hydroxylation sites is 1. The summed E-state index contributed by atoms with van der Waals surface area (Å²) in [4.78, 5) is 6.50. The maximum atomic E-state index is 6.38. The quantitative estimate of drug-likeness (QED) is 0.371. The first-order valence-electron chi connectivity index (χ1n) is 11.0. The lowest BCUT2D eigenvalue weighted by atomic mass is 10.2. The molecule has 7 heteroatoms. The van der Waals surface area contributed by atoms with Crippen molar-refractivity contribution >= 4 is 11.5 Å². The third-order valence-electron chi connectivity index (χ3n) is 5.19. The summed E-state index contributed by atoms with van der Waals surface area (Å²) in [6.07, 6.45) is 1.80. The van der Waals surface area contributed by atoms with Crippen LogP contribution in [0.3, 0.4) is 0 Å². The van der Waals surface area contributed by atoms with Gasteiger partial charge in [-0.15, -0.1) is 0 Å². The Morgan fingerprint density at radius 1 is 0.970 bits per heavy atom. The Kier molecular flexibility index (Phi) is 6.78. The lowest BCUT2D eigenvalue weighted by Crippen LogP contribution is -2.10. The molecule has 0 radical (unpaired) electrons. The van der Waals surface area contributed by atoms with Crippen LogP contribution in [0.15, 0.2) is 72.9 Å². The zero-order valence-electron chi connectivity index (χ0n) is 19.4. The molecular weight excluding hydrogens is 414 g/mol. The Balaban J connectivity index is 1.66. The van der Waals surface area contributed by atoms with Crippen LogP contribution < -0.4 is 19.7 Å². The number of aromatic nitrogens is 3. The molecule has 0 saturated carbocycles. The molecule has 2 aromatic carbocycles. The van der Waals surface area contributed by atoms with Gasteiger partial charge in [-0.05, 0) is 56.3 Å². The first-order chi connectivity index (χ1) is 16.0. The predicted molar refractivity (Wildman–Crippen MR) is 132 cm³/mol. The molecule has 0 atom stereocenters. The zero-order valence-corrected chi connectivity index (χ0v) is 19.4. The topological polar surface area (TPSA) is 64.4 Å². The SMILES string of the molecule is CCOc1ccc(Oc2c(CNc3cc(N(C)C)ccn3)c(C)nn2-c2ccccc2)cc1. The summed E-state index contributed by atoms with van der Waals surface area (Å²) in [6.45, 7) is 5.10. The van der Waals surface area contributed by atoms with Crippen LogP contribution in [0, 0.1) is 6.92 Å². The second-order valence-electron chi connectivity index (χ2n) is 7.77. The Morgan fingerprint density at radius 3 is 2.39 bits per heavy atom. The van der Waals surface area contributed by atoms with Crippen molar-refractivity contribution in [3.05, 3.63) is 84.2 Å². The molecule has 0 aliphatic rings. The summed E-state index contributed by atoms with van der Waals surface area (Å²) in [7, 11) is 4.02. The van der Waals surface area contributed by atoms with Gasteiger partial charge in [-0.1, -0.05) is 18.2 Å². The van der Waals surface area contributed by atoms with Crippen LogP contribution in [-0.2, 0) is 6.54 Å². The molecule has 7 nitrogen and oxygen atoms in total. The predicted octanol–water partition coefficient (Wildman–Crippen LogP) is 5.44. The summed E-state index contributed by atoms with van der Waals surface area (Å²) >= 11 is 0. The van der Waals surface area contributed by atoms with E-state index in [4.69, 9.17) is 14.6 Å². The van der Waals surface area contributed by atoms with Gasteiger partial charge in [0.1, 0.15) is 17.3 Å². The second kappa shape index (κ2) is 10.1. The summed E-state index contributed by atoms with van der Waals surface area (Å²) in [5.74, 6) is 2.98. The zero-order chi connectivity index (χ0) is 23.2. The molecule has 2 heterocycles. The van der Waals surface area contributed by atoms with Gasteiger partial charge < -0.3 is 19.7 Å². The standard InChI is InChI=1S/C26H29N5O2/c1-5-32-22-11-13-23(14-12-22)33-26-24(18-28-25-17-21(30(3)4)15-16-27-25)19(2)29-31(26)20-9-7-6-8-10-20/h6-17H,5,18H2,1-4H3,(H,27,28). The Labute approximate surface area is 194 Å². The van der Waals surface area contributed by atoms with E-state index in [9.17, 15) is 0 Å². The number of anilines is 2. The van der Waals surface area contributed by atoms with Crippen molar-refractivity contribution < 1.29 is 9.47 Å². The minimum absolute atomic E-state index is 0.523. The van der Waals surface area contributed by atoms with E-state index in [2.05, 4.69) is 10.3 Å². The molecule has 33 heavy (non-hydrogen) atoms. The highest BCUT2D eigenvalue weighted by Gasteiger charge is 2.19. The molecular formula is C26H29N5O2. The summed E-state index contributed by atoms with van der Waals surface area (Å²) in [6, 6.07) is 21.6. The highest BCUT2D eigenvalue weighted by atomic mass is 16.5. The fourth-order valence-corrected chi connectivity index (χ4v) is 3.45. The summed E-state index contributed by atoms with van der Waals surface area (Å²) < 4.78 is 13.8. The number of pyridine rings is 1. The first-order valence-corrected chi connectivity index (χ1v) is 11.0. The molecule has 0 bridgehead atoms. The number of ether oxygens (including phenoxy) is 2. The molecule has 0 aliphatic heterocycles. The monoisotopic (exact) mass is 443 g/mol. The number of nitrogens with one attached hydrogen (secondary N) is 1. The van der Waals surface area contributed by atoms with Crippen LogP contribution in [-0.4, -0.2) is 35.5 Å². The fourth-order valence-electron chi connectivity index (χ4n) is 3.45. The third-order valence-corrected chi connectivity index (χ3v) is 5.19. The lowest BCUT2D eigenvalue weighted by molar-refractivity contribution is 0.339. The van der Waals surface area contributed by atoms with Gasteiger partial charge in [-0.2, -0.15) is 5.10 Å². The lowest BCUT2D eigenvalue weighted by Gasteiger charge is -2.15. The molecule has 2 aromatic heterocycles. The smallest absolute Gasteiger partial charge is 0.227 e. The largest absolute Gasteiger partial charge is 0.494 e. The average Bonchev–Trinajstić information content (AvgIpc) is 3.14. The minimum atomic E-state index is 0.523. The van der Waals surface area contributed by atoms with Gasteiger partial charge in [-0.3, -0.25) is 0 Å². The highest BCUT2D eigenvalue weighted by Crippen LogP contribution is 2.32.